The molecule has 0 amide bonds. The molecule has 0 spiro atoms. The molecule has 0 saturated carbocycles. The summed E-state index contributed by atoms with van der Waals surface area (Å²) < 4.78 is 8.72. The number of rotatable bonds is 5. The Hall–Kier alpha value is -5.55. The Kier molecular flexibility index (Phi) is 5.85. The van der Waals surface area contributed by atoms with Crippen molar-refractivity contribution in [2.24, 2.45) is 0 Å². The zero-order valence-corrected chi connectivity index (χ0v) is 23.0. The summed E-state index contributed by atoms with van der Waals surface area (Å²) in [5, 5.41) is 2.37. The fraction of sp³-hybridized carbons (Fsp3) is 0.0541. The van der Waals surface area contributed by atoms with Crippen LogP contribution in [0, 0.1) is 0 Å². The third-order valence-corrected chi connectivity index (χ3v) is 7.97. The molecule has 0 unspecified atom stereocenters. The Morgan fingerprint density at radius 2 is 1.17 bits per heavy atom. The Labute approximate surface area is 244 Å². The maximum atomic E-state index is 6.51. The summed E-state index contributed by atoms with van der Waals surface area (Å²) >= 11 is 0. The number of hydrogen-bond donors (Lipinski definition) is 0. The van der Waals surface area contributed by atoms with Crippen LogP contribution in [-0.4, -0.2) is 22.6 Å². The van der Waals surface area contributed by atoms with Gasteiger partial charge in [-0.25, -0.2) is 4.98 Å². The lowest BCUT2D eigenvalue weighted by molar-refractivity contribution is 0.483. The van der Waals surface area contributed by atoms with Crippen molar-refractivity contribution >= 4 is 44.6 Å². The van der Waals surface area contributed by atoms with Crippen molar-refractivity contribution in [2.45, 2.75) is 0 Å². The van der Waals surface area contributed by atoms with Gasteiger partial charge in [0, 0.05) is 53.6 Å². The van der Waals surface area contributed by atoms with Crippen LogP contribution >= 0.6 is 0 Å². The molecule has 5 heteroatoms. The van der Waals surface area contributed by atoms with Crippen LogP contribution in [0.15, 0.2) is 146 Å². The van der Waals surface area contributed by atoms with Crippen molar-refractivity contribution in [3.63, 3.8) is 0 Å². The van der Waals surface area contributed by atoms with Gasteiger partial charge in [-0.15, -0.1) is 0 Å². The van der Waals surface area contributed by atoms with Gasteiger partial charge >= 0.3 is 0 Å². The zero-order valence-electron chi connectivity index (χ0n) is 23.0. The van der Waals surface area contributed by atoms with E-state index in [1.807, 2.05) is 30.5 Å². The minimum Gasteiger partial charge on any atom is -0.457 e. The minimum absolute atomic E-state index is 0.786. The molecule has 42 heavy (non-hydrogen) atoms. The van der Waals surface area contributed by atoms with Gasteiger partial charge in [-0.05, 0) is 66.7 Å². The molecule has 202 valence electrons. The SMILES string of the molecule is c1ccc(N2CCN(c3cccc(Oc4ccc5c6ccccc6n(-c6ccccn6)c5c4)c3)c3ccccc32)cc1. The third kappa shape index (κ3) is 4.14. The van der Waals surface area contributed by atoms with Crippen molar-refractivity contribution in [3.8, 4) is 17.3 Å². The summed E-state index contributed by atoms with van der Waals surface area (Å²) in [7, 11) is 0. The lowest BCUT2D eigenvalue weighted by Crippen LogP contribution is -2.36. The number of fused-ring (bicyclic) bond motifs is 4. The van der Waals surface area contributed by atoms with Crippen molar-refractivity contribution in [1.29, 1.82) is 0 Å². The van der Waals surface area contributed by atoms with Crippen LogP contribution < -0.4 is 14.5 Å². The standard InChI is InChI=1S/C37H28N4O/c1-2-11-27(12-3-1)39-23-24-40(35-18-7-6-17-34(35)39)28-13-10-14-29(25-28)42-30-20-21-32-31-15-4-5-16-33(31)41(36(32)26-30)37-19-8-9-22-38-37/h1-22,25-26H,23-24H2. The first kappa shape index (κ1) is 24.3. The van der Waals surface area contributed by atoms with E-state index in [9.17, 15) is 0 Å². The minimum atomic E-state index is 0.786. The number of para-hydroxylation sites is 4. The van der Waals surface area contributed by atoms with Gasteiger partial charge in [0.15, 0.2) is 0 Å². The van der Waals surface area contributed by atoms with Crippen LogP contribution in [0.2, 0.25) is 0 Å². The normalized spacial score (nSPS) is 13.0. The number of ether oxygens (including phenoxy) is 1. The van der Waals surface area contributed by atoms with Gasteiger partial charge in [-0.1, -0.05) is 60.7 Å². The van der Waals surface area contributed by atoms with Crippen LogP contribution in [-0.2, 0) is 0 Å². The van der Waals surface area contributed by atoms with Crippen LogP contribution in [0.5, 0.6) is 11.5 Å². The maximum Gasteiger partial charge on any atom is 0.137 e. The second-order valence-corrected chi connectivity index (χ2v) is 10.4. The number of nitrogens with zero attached hydrogens (tertiary/aromatic N) is 4. The molecule has 5 aromatic carbocycles. The molecule has 0 radical (unpaired) electrons. The number of hydrogen-bond acceptors (Lipinski definition) is 4. The van der Waals surface area contributed by atoms with E-state index in [0.717, 1.165) is 47.1 Å². The van der Waals surface area contributed by atoms with Gasteiger partial charge in [0.2, 0.25) is 0 Å². The number of benzene rings is 5. The summed E-state index contributed by atoms with van der Waals surface area (Å²) in [6, 6.07) is 48.4. The van der Waals surface area contributed by atoms with Crippen molar-refractivity contribution in [3.05, 3.63) is 146 Å². The van der Waals surface area contributed by atoms with E-state index in [2.05, 4.69) is 135 Å². The van der Waals surface area contributed by atoms with Crippen molar-refractivity contribution in [2.75, 3.05) is 22.9 Å². The van der Waals surface area contributed by atoms with E-state index in [0.29, 0.717) is 0 Å². The van der Waals surface area contributed by atoms with Gasteiger partial charge in [0.05, 0.1) is 22.4 Å². The summed E-state index contributed by atoms with van der Waals surface area (Å²) in [6.45, 7) is 1.76. The number of aromatic nitrogens is 2. The predicted octanol–water partition coefficient (Wildman–Crippen LogP) is 9.26. The molecule has 0 fully saturated rings. The lowest BCUT2D eigenvalue weighted by Gasteiger charge is -2.39. The summed E-state index contributed by atoms with van der Waals surface area (Å²) in [4.78, 5) is 9.42. The van der Waals surface area contributed by atoms with Gasteiger partial charge in [0.1, 0.15) is 17.3 Å². The Morgan fingerprint density at radius 3 is 1.98 bits per heavy atom. The highest BCUT2D eigenvalue weighted by Gasteiger charge is 2.24. The average molecular weight is 545 g/mol. The van der Waals surface area contributed by atoms with Crippen LogP contribution in [0.4, 0.5) is 22.7 Å². The van der Waals surface area contributed by atoms with E-state index in [4.69, 9.17) is 4.74 Å². The van der Waals surface area contributed by atoms with Crippen LogP contribution in [0.3, 0.4) is 0 Å². The van der Waals surface area contributed by atoms with E-state index < -0.39 is 0 Å². The summed E-state index contributed by atoms with van der Waals surface area (Å²) in [5.74, 6) is 2.47. The molecule has 1 aliphatic rings. The molecule has 0 aliphatic carbocycles. The molecule has 8 rings (SSSR count). The van der Waals surface area contributed by atoms with Gasteiger partial charge < -0.3 is 14.5 Å². The summed E-state index contributed by atoms with van der Waals surface area (Å²) in [5.41, 5.74) is 6.89. The van der Waals surface area contributed by atoms with E-state index >= 15 is 0 Å². The molecule has 1 aliphatic heterocycles. The molecule has 0 N–H and O–H groups in total. The second-order valence-electron chi connectivity index (χ2n) is 10.4. The molecule has 0 bridgehead atoms. The number of anilines is 4. The molecular weight excluding hydrogens is 516 g/mol. The third-order valence-electron chi connectivity index (χ3n) is 7.97. The molecular formula is C37H28N4O. The zero-order chi connectivity index (χ0) is 27.9. The first-order valence-corrected chi connectivity index (χ1v) is 14.3. The highest BCUT2D eigenvalue weighted by atomic mass is 16.5. The van der Waals surface area contributed by atoms with E-state index in [1.165, 1.54) is 27.8 Å². The average Bonchev–Trinajstić information content (AvgIpc) is 3.39. The second kappa shape index (κ2) is 10.1. The van der Waals surface area contributed by atoms with Crippen molar-refractivity contribution < 1.29 is 4.74 Å². The molecule has 3 heterocycles. The highest BCUT2D eigenvalue weighted by Crippen LogP contribution is 2.42. The molecule has 5 nitrogen and oxygen atoms in total. The van der Waals surface area contributed by atoms with Gasteiger partial charge in [-0.3, -0.25) is 4.57 Å². The largest absolute Gasteiger partial charge is 0.457 e. The molecule has 7 aromatic rings. The lowest BCUT2D eigenvalue weighted by atomic mass is 10.1. The summed E-state index contributed by atoms with van der Waals surface area (Å²) in [6.07, 6.45) is 1.83. The Bertz CT molecular complexity index is 2030. The monoisotopic (exact) mass is 544 g/mol. The van der Waals surface area contributed by atoms with Crippen LogP contribution in [0.25, 0.3) is 27.6 Å². The molecule has 0 atom stereocenters. The number of pyridine rings is 1. The Morgan fingerprint density at radius 1 is 0.500 bits per heavy atom. The fourth-order valence-corrected chi connectivity index (χ4v) is 6.10. The van der Waals surface area contributed by atoms with Gasteiger partial charge in [0.25, 0.3) is 0 Å². The Balaban J connectivity index is 1.15. The maximum absolute atomic E-state index is 6.51. The smallest absolute Gasteiger partial charge is 0.137 e. The van der Waals surface area contributed by atoms with E-state index in [-0.39, 0.29) is 0 Å². The van der Waals surface area contributed by atoms with Crippen LogP contribution in [0.1, 0.15) is 0 Å². The fourth-order valence-electron chi connectivity index (χ4n) is 6.10. The van der Waals surface area contributed by atoms with Crippen molar-refractivity contribution in [1.82, 2.24) is 9.55 Å². The van der Waals surface area contributed by atoms with Gasteiger partial charge in [-0.2, -0.15) is 0 Å². The quantitative estimate of drug-likeness (QED) is 0.216. The highest BCUT2D eigenvalue weighted by molar-refractivity contribution is 6.09. The first-order chi connectivity index (χ1) is 20.8. The predicted molar refractivity (Wildman–Crippen MR) is 172 cm³/mol. The topological polar surface area (TPSA) is 33.5 Å². The molecule has 0 saturated heterocycles. The molecule has 2 aromatic heterocycles. The first-order valence-electron chi connectivity index (χ1n) is 14.3. The van der Waals surface area contributed by atoms with E-state index in [1.54, 1.807) is 0 Å².